The molecule has 1 aromatic heterocycles. The molecule has 0 amide bonds. The molecule has 0 aliphatic heterocycles. The van der Waals surface area contributed by atoms with Gasteiger partial charge in [0.25, 0.3) is 0 Å². The Balaban J connectivity index is 2.29. The Bertz CT molecular complexity index is 1110. The smallest absolute Gasteiger partial charge is 0.419 e. The van der Waals surface area contributed by atoms with Gasteiger partial charge in [-0.15, -0.1) is 0 Å². The van der Waals surface area contributed by atoms with Crippen LogP contribution >= 0.6 is 0 Å². The number of nitrogens with two attached hydrogens (primary N) is 1. The maximum absolute atomic E-state index is 13.5. The summed E-state index contributed by atoms with van der Waals surface area (Å²) in [6.07, 6.45) is -0.680. The molecule has 0 fully saturated rings. The molecule has 0 aliphatic carbocycles. The third-order valence-electron chi connectivity index (χ3n) is 4.76. The number of hydrogen-bond donors (Lipinski definition) is 1. The molecule has 0 spiro atoms. The molecule has 0 bridgehead atoms. The van der Waals surface area contributed by atoms with Crippen molar-refractivity contribution in [3.05, 3.63) is 47.2 Å². The summed E-state index contributed by atoms with van der Waals surface area (Å²) in [6, 6.07) is 8.46. The highest BCUT2D eigenvalue weighted by Gasteiger charge is 2.28. The SMILES string of the molecule is CCOC(=O)n1c(C(=O)c2cc(OC)c(OC)c(OC)c2)c(N)c2ccc(C)cc21. The number of rotatable bonds is 6. The largest absolute Gasteiger partial charge is 0.493 e. The minimum Gasteiger partial charge on any atom is -0.493 e. The van der Waals surface area contributed by atoms with Gasteiger partial charge in [-0.05, 0) is 37.6 Å². The number of carbonyl (C=O) groups is 2. The number of benzene rings is 2. The Labute approximate surface area is 174 Å². The minimum absolute atomic E-state index is 0.0170. The first-order valence-electron chi connectivity index (χ1n) is 9.30. The monoisotopic (exact) mass is 412 g/mol. The van der Waals surface area contributed by atoms with Crippen LogP contribution in [0.25, 0.3) is 10.9 Å². The van der Waals surface area contributed by atoms with E-state index < -0.39 is 11.9 Å². The highest BCUT2D eigenvalue weighted by molar-refractivity contribution is 6.19. The van der Waals surface area contributed by atoms with Crippen LogP contribution in [0.2, 0.25) is 0 Å². The lowest BCUT2D eigenvalue weighted by Gasteiger charge is -2.14. The van der Waals surface area contributed by atoms with Gasteiger partial charge in [0.1, 0.15) is 5.69 Å². The van der Waals surface area contributed by atoms with Gasteiger partial charge in [0, 0.05) is 10.9 Å². The Hall–Kier alpha value is -3.68. The topological polar surface area (TPSA) is 102 Å². The summed E-state index contributed by atoms with van der Waals surface area (Å²) >= 11 is 0. The molecule has 30 heavy (non-hydrogen) atoms. The van der Waals surface area contributed by atoms with Gasteiger partial charge < -0.3 is 24.7 Å². The fourth-order valence-corrected chi connectivity index (χ4v) is 3.37. The second kappa shape index (κ2) is 8.36. The van der Waals surface area contributed by atoms with Crippen molar-refractivity contribution >= 4 is 28.5 Å². The van der Waals surface area contributed by atoms with Crippen molar-refractivity contribution in [1.29, 1.82) is 0 Å². The minimum atomic E-state index is -0.680. The number of nitrogens with zero attached hydrogens (tertiary/aromatic N) is 1. The third-order valence-corrected chi connectivity index (χ3v) is 4.76. The van der Waals surface area contributed by atoms with Gasteiger partial charge in [-0.25, -0.2) is 9.36 Å². The van der Waals surface area contributed by atoms with E-state index in [0.717, 1.165) is 5.56 Å². The van der Waals surface area contributed by atoms with E-state index >= 15 is 0 Å². The fourth-order valence-electron chi connectivity index (χ4n) is 3.37. The molecule has 1 heterocycles. The number of ether oxygens (including phenoxy) is 4. The van der Waals surface area contributed by atoms with Crippen LogP contribution in [-0.2, 0) is 4.74 Å². The summed E-state index contributed by atoms with van der Waals surface area (Å²) < 4.78 is 22.4. The van der Waals surface area contributed by atoms with Gasteiger partial charge in [0.05, 0.1) is 39.1 Å². The van der Waals surface area contributed by atoms with Crippen LogP contribution in [0, 0.1) is 6.92 Å². The fraction of sp³-hybridized carbons (Fsp3) is 0.273. The van der Waals surface area contributed by atoms with Gasteiger partial charge in [0.2, 0.25) is 11.5 Å². The lowest BCUT2D eigenvalue weighted by Crippen LogP contribution is -2.20. The summed E-state index contributed by atoms with van der Waals surface area (Å²) in [4.78, 5) is 26.3. The second-order valence-corrected chi connectivity index (χ2v) is 6.56. The van der Waals surface area contributed by atoms with E-state index in [1.807, 2.05) is 13.0 Å². The van der Waals surface area contributed by atoms with Crippen molar-refractivity contribution in [2.75, 3.05) is 33.7 Å². The van der Waals surface area contributed by atoms with Crippen LogP contribution in [-0.4, -0.2) is 44.4 Å². The molecule has 158 valence electrons. The van der Waals surface area contributed by atoms with E-state index in [4.69, 9.17) is 24.7 Å². The quantitative estimate of drug-likeness (QED) is 0.615. The van der Waals surface area contributed by atoms with Gasteiger partial charge in [-0.2, -0.15) is 0 Å². The molecule has 3 aromatic rings. The summed E-state index contributed by atoms with van der Waals surface area (Å²) in [7, 11) is 4.39. The normalized spacial score (nSPS) is 10.7. The highest BCUT2D eigenvalue weighted by atomic mass is 16.5. The van der Waals surface area contributed by atoms with E-state index in [2.05, 4.69) is 0 Å². The molecule has 0 unspecified atom stereocenters. The number of anilines is 1. The summed E-state index contributed by atoms with van der Waals surface area (Å²) in [5, 5.41) is 0.587. The van der Waals surface area contributed by atoms with Gasteiger partial charge >= 0.3 is 6.09 Å². The average molecular weight is 412 g/mol. The van der Waals surface area contributed by atoms with Gasteiger partial charge in [0.15, 0.2) is 11.5 Å². The Morgan fingerprint density at radius 1 is 1.00 bits per heavy atom. The molecular weight excluding hydrogens is 388 g/mol. The molecular formula is C22H24N2O6. The van der Waals surface area contributed by atoms with Crippen LogP contribution in [0.3, 0.4) is 0 Å². The van der Waals surface area contributed by atoms with Crippen LogP contribution in [0.5, 0.6) is 17.2 Å². The maximum atomic E-state index is 13.5. The van der Waals surface area contributed by atoms with Gasteiger partial charge in [-0.1, -0.05) is 12.1 Å². The molecule has 0 aliphatic rings. The first-order valence-corrected chi connectivity index (χ1v) is 9.30. The predicted molar refractivity (Wildman–Crippen MR) is 113 cm³/mol. The predicted octanol–water partition coefficient (Wildman–Crippen LogP) is 3.79. The number of methoxy groups -OCH3 is 3. The Morgan fingerprint density at radius 2 is 1.63 bits per heavy atom. The number of fused-ring (bicyclic) bond motifs is 1. The molecule has 3 rings (SSSR count). The van der Waals surface area contributed by atoms with E-state index in [-0.39, 0.29) is 23.6 Å². The van der Waals surface area contributed by atoms with Crippen LogP contribution < -0.4 is 19.9 Å². The maximum Gasteiger partial charge on any atom is 0.419 e. The molecule has 0 radical (unpaired) electrons. The number of nitrogen functional groups attached to an aromatic ring is 1. The number of aromatic nitrogens is 1. The number of aryl methyl sites for hydroxylation is 1. The lowest BCUT2D eigenvalue weighted by molar-refractivity contribution is 0.102. The molecule has 0 saturated carbocycles. The summed E-state index contributed by atoms with van der Waals surface area (Å²) in [5.41, 5.74) is 8.17. The number of carbonyl (C=O) groups excluding carboxylic acids is 2. The molecule has 2 aromatic carbocycles. The van der Waals surface area contributed by atoms with Crippen molar-refractivity contribution in [1.82, 2.24) is 4.57 Å². The zero-order valence-electron chi connectivity index (χ0n) is 17.6. The highest BCUT2D eigenvalue weighted by Crippen LogP contribution is 2.40. The molecule has 0 saturated heterocycles. The first-order chi connectivity index (χ1) is 14.4. The molecule has 0 atom stereocenters. The number of hydrogen-bond acceptors (Lipinski definition) is 7. The zero-order valence-corrected chi connectivity index (χ0v) is 17.6. The van der Waals surface area contributed by atoms with Gasteiger partial charge in [-0.3, -0.25) is 4.79 Å². The summed E-state index contributed by atoms with van der Waals surface area (Å²) in [6.45, 7) is 3.74. The van der Waals surface area contributed by atoms with E-state index in [1.54, 1.807) is 19.1 Å². The molecule has 8 heteroatoms. The molecule has 8 nitrogen and oxygen atoms in total. The van der Waals surface area contributed by atoms with E-state index in [0.29, 0.717) is 28.2 Å². The van der Waals surface area contributed by atoms with Crippen molar-refractivity contribution < 1.29 is 28.5 Å². The van der Waals surface area contributed by atoms with E-state index in [1.165, 1.54) is 38.0 Å². The second-order valence-electron chi connectivity index (χ2n) is 6.56. The van der Waals surface area contributed by atoms with Crippen molar-refractivity contribution in [3.63, 3.8) is 0 Å². The first kappa shape index (κ1) is 21.0. The molecule has 2 N–H and O–H groups in total. The Kier molecular flexibility index (Phi) is 5.86. The lowest BCUT2D eigenvalue weighted by atomic mass is 10.0. The Morgan fingerprint density at radius 3 is 2.17 bits per heavy atom. The summed E-state index contributed by atoms with van der Waals surface area (Å²) in [5.74, 6) is 0.501. The van der Waals surface area contributed by atoms with Crippen LogP contribution in [0.15, 0.2) is 30.3 Å². The van der Waals surface area contributed by atoms with Crippen LogP contribution in [0.1, 0.15) is 28.5 Å². The zero-order chi connectivity index (χ0) is 22.0. The average Bonchev–Trinajstić information content (AvgIpc) is 3.03. The van der Waals surface area contributed by atoms with E-state index in [9.17, 15) is 9.59 Å². The van der Waals surface area contributed by atoms with Crippen molar-refractivity contribution in [3.8, 4) is 17.2 Å². The van der Waals surface area contributed by atoms with Crippen molar-refractivity contribution in [2.24, 2.45) is 0 Å². The van der Waals surface area contributed by atoms with Crippen molar-refractivity contribution in [2.45, 2.75) is 13.8 Å². The standard InChI is InChI=1S/C22H24N2O6/c1-6-30-22(26)24-15-9-12(2)7-8-14(15)18(23)19(24)20(25)13-10-16(27-3)21(29-5)17(11-13)28-4/h7-11H,6,23H2,1-5H3. The number of ketones is 1. The third kappa shape index (κ3) is 3.41. The van der Waals surface area contributed by atoms with Crippen LogP contribution in [0.4, 0.5) is 10.5 Å².